The summed E-state index contributed by atoms with van der Waals surface area (Å²) in [5.41, 5.74) is 5.02. The Hall–Kier alpha value is -4.88. The third-order valence-electron chi connectivity index (χ3n) is 5.98. The minimum absolute atomic E-state index is 0.430. The van der Waals surface area contributed by atoms with Crippen LogP contribution in [0.1, 0.15) is 16.8 Å². The number of benzene rings is 4. The number of anilines is 1. The van der Waals surface area contributed by atoms with Gasteiger partial charge in [0, 0.05) is 21.8 Å². The predicted molar refractivity (Wildman–Crippen MR) is 154 cm³/mol. The molecule has 39 heavy (non-hydrogen) atoms. The number of nitrogens with one attached hydrogen (secondary N) is 1. The van der Waals surface area contributed by atoms with Crippen LogP contribution in [0, 0.1) is 6.92 Å². The zero-order chi connectivity index (χ0) is 27.2. The molecule has 1 heterocycles. The molecule has 192 valence electrons. The van der Waals surface area contributed by atoms with E-state index in [4.69, 9.17) is 11.6 Å². The largest absolute Gasteiger partial charge is 0.326 e. The molecule has 1 N–H and O–H groups in total. The Morgan fingerprint density at radius 3 is 2.18 bits per heavy atom. The molecule has 4 aromatic carbocycles. The Morgan fingerprint density at radius 1 is 0.821 bits per heavy atom. The number of rotatable bonds is 7. The molecule has 0 saturated carbocycles. The van der Waals surface area contributed by atoms with Crippen molar-refractivity contribution in [1.29, 1.82) is 0 Å². The maximum absolute atomic E-state index is 13.6. The molecule has 7 nitrogen and oxygen atoms in total. The molecular formula is C31H24ClN5O2. The fraction of sp³-hybridized carbons (Fsp3) is 0.0645. The molecule has 8 heteroatoms. The number of nitrogens with zero attached hydrogens (tertiary/aromatic N) is 4. The standard InChI is InChI=1S/C31H24ClN5O2/c1-21-11-8-9-18-26(21)34-35-30-29(22-12-4-2-5-13-22)36-37(31(30)23-14-6-3-7-15-23)28(39)20-27(38)33-25-17-10-16-24(32)19-25/h2-19H,20H2,1H3,(H,33,38). The molecular weight excluding hydrogens is 510 g/mol. The zero-order valence-electron chi connectivity index (χ0n) is 21.1. The smallest absolute Gasteiger partial charge is 0.256 e. The lowest BCUT2D eigenvalue weighted by atomic mass is 10.1. The fourth-order valence-electron chi connectivity index (χ4n) is 4.09. The van der Waals surface area contributed by atoms with E-state index in [2.05, 4.69) is 20.6 Å². The number of hydrogen-bond donors (Lipinski definition) is 1. The third kappa shape index (κ3) is 6.00. The first kappa shape index (κ1) is 25.8. The molecule has 0 fully saturated rings. The highest BCUT2D eigenvalue weighted by Crippen LogP contribution is 2.40. The van der Waals surface area contributed by atoms with Crippen molar-refractivity contribution < 1.29 is 9.59 Å². The van der Waals surface area contributed by atoms with E-state index in [-0.39, 0.29) is 0 Å². The molecule has 0 radical (unpaired) electrons. The highest BCUT2D eigenvalue weighted by molar-refractivity contribution is 6.30. The Kier molecular flexibility index (Phi) is 7.70. The Bertz CT molecular complexity index is 1660. The fourth-order valence-corrected chi connectivity index (χ4v) is 4.28. The lowest BCUT2D eigenvalue weighted by Crippen LogP contribution is -2.22. The van der Waals surface area contributed by atoms with Gasteiger partial charge in [-0.05, 0) is 36.8 Å². The van der Waals surface area contributed by atoms with E-state index < -0.39 is 18.2 Å². The zero-order valence-corrected chi connectivity index (χ0v) is 21.8. The van der Waals surface area contributed by atoms with Gasteiger partial charge < -0.3 is 5.32 Å². The maximum atomic E-state index is 13.6. The van der Waals surface area contributed by atoms with Gasteiger partial charge in [-0.2, -0.15) is 14.9 Å². The number of carbonyl (C=O) groups is 2. The van der Waals surface area contributed by atoms with Crippen molar-refractivity contribution in [3.05, 3.63) is 120 Å². The Balaban J connectivity index is 1.60. The first-order valence-electron chi connectivity index (χ1n) is 12.3. The number of carbonyl (C=O) groups excluding carboxylic acids is 2. The Labute approximate surface area is 230 Å². The van der Waals surface area contributed by atoms with E-state index in [9.17, 15) is 9.59 Å². The van der Waals surface area contributed by atoms with Crippen molar-refractivity contribution in [2.45, 2.75) is 13.3 Å². The number of amides is 1. The maximum Gasteiger partial charge on any atom is 0.256 e. The van der Waals surface area contributed by atoms with Crippen LogP contribution in [0.3, 0.4) is 0 Å². The second-order valence-electron chi connectivity index (χ2n) is 8.81. The van der Waals surface area contributed by atoms with Crippen LogP contribution in [0.2, 0.25) is 5.02 Å². The van der Waals surface area contributed by atoms with E-state index in [1.165, 1.54) is 4.68 Å². The van der Waals surface area contributed by atoms with E-state index in [1.54, 1.807) is 24.3 Å². The molecule has 0 aliphatic heterocycles. The summed E-state index contributed by atoms with van der Waals surface area (Å²) in [4.78, 5) is 26.4. The van der Waals surface area contributed by atoms with Gasteiger partial charge >= 0.3 is 0 Å². The molecule has 5 aromatic rings. The molecule has 0 aliphatic carbocycles. The molecule has 1 aromatic heterocycles. The van der Waals surface area contributed by atoms with E-state index in [1.807, 2.05) is 91.9 Å². The average molecular weight is 534 g/mol. The molecule has 0 spiro atoms. The van der Waals surface area contributed by atoms with Gasteiger partial charge in [-0.3, -0.25) is 9.59 Å². The van der Waals surface area contributed by atoms with Crippen molar-refractivity contribution in [3.63, 3.8) is 0 Å². The van der Waals surface area contributed by atoms with Gasteiger partial charge in [-0.15, -0.1) is 5.11 Å². The monoisotopic (exact) mass is 533 g/mol. The molecule has 0 aliphatic rings. The molecule has 0 atom stereocenters. The summed E-state index contributed by atoms with van der Waals surface area (Å²) in [6, 6.07) is 33.2. The molecule has 0 unspecified atom stereocenters. The minimum atomic E-state index is -0.511. The van der Waals surface area contributed by atoms with Gasteiger partial charge in [0.15, 0.2) is 0 Å². The van der Waals surface area contributed by atoms with Crippen molar-refractivity contribution in [3.8, 4) is 22.5 Å². The predicted octanol–water partition coefficient (Wildman–Crippen LogP) is 8.26. The average Bonchev–Trinajstić information content (AvgIpc) is 3.33. The summed E-state index contributed by atoms with van der Waals surface area (Å²) in [6.07, 6.45) is -0.434. The Morgan fingerprint density at radius 2 is 1.49 bits per heavy atom. The van der Waals surface area contributed by atoms with Gasteiger partial charge in [0.25, 0.3) is 5.91 Å². The lowest BCUT2D eigenvalue weighted by molar-refractivity contribution is -0.115. The first-order chi connectivity index (χ1) is 19.0. The second kappa shape index (κ2) is 11.7. The topological polar surface area (TPSA) is 88.7 Å². The van der Waals surface area contributed by atoms with E-state index >= 15 is 0 Å². The van der Waals surface area contributed by atoms with E-state index in [0.29, 0.717) is 33.5 Å². The molecule has 1 amide bonds. The van der Waals surface area contributed by atoms with Gasteiger partial charge in [0.2, 0.25) is 5.91 Å². The van der Waals surface area contributed by atoms with Crippen LogP contribution in [0.25, 0.3) is 22.5 Å². The van der Waals surface area contributed by atoms with Crippen molar-refractivity contribution in [2.75, 3.05) is 5.32 Å². The van der Waals surface area contributed by atoms with Crippen LogP contribution >= 0.6 is 11.6 Å². The molecule has 0 saturated heterocycles. The van der Waals surface area contributed by atoms with Crippen molar-refractivity contribution >= 4 is 40.5 Å². The summed E-state index contributed by atoms with van der Waals surface area (Å²) in [7, 11) is 0. The van der Waals surface area contributed by atoms with Crippen LogP contribution in [0.4, 0.5) is 17.1 Å². The first-order valence-corrected chi connectivity index (χ1v) is 12.7. The number of hydrogen-bond acceptors (Lipinski definition) is 5. The van der Waals surface area contributed by atoms with Crippen LogP contribution < -0.4 is 5.32 Å². The lowest BCUT2D eigenvalue weighted by Gasteiger charge is -2.08. The van der Waals surface area contributed by atoms with Crippen LogP contribution in [0.15, 0.2) is 119 Å². The number of halogens is 1. The SMILES string of the molecule is Cc1ccccc1N=Nc1c(-c2ccccc2)nn(C(=O)CC(=O)Nc2cccc(Cl)c2)c1-c1ccccc1. The van der Waals surface area contributed by atoms with Gasteiger partial charge in [-0.25, -0.2) is 0 Å². The number of azo groups is 1. The minimum Gasteiger partial charge on any atom is -0.326 e. The number of aromatic nitrogens is 2. The third-order valence-corrected chi connectivity index (χ3v) is 6.22. The quantitative estimate of drug-likeness (QED) is 0.169. The second-order valence-corrected chi connectivity index (χ2v) is 9.24. The van der Waals surface area contributed by atoms with Crippen molar-refractivity contribution in [1.82, 2.24) is 9.78 Å². The molecule has 0 bridgehead atoms. The summed E-state index contributed by atoms with van der Waals surface area (Å²) in [6.45, 7) is 1.95. The number of aryl methyl sites for hydroxylation is 1. The van der Waals surface area contributed by atoms with Gasteiger partial charge in [0.1, 0.15) is 23.5 Å². The van der Waals surface area contributed by atoms with Crippen LogP contribution in [-0.4, -0.2) is 21.6 Å². The normalized spacial score (nSPS) is 11.0. The summed E-state index contributed by atoms with van der Waals surface area (Å²) < 4.78 is 1.25. The highest BCUT2D eigenvalue weighted by Gasteiger charge is 2.25. The van der Waals surface area contributed by atoms with Crippen LogP contribution in [0.5, 0.6) is 0 Å². The van der Waals surface area contributed by atoms with Crippen molar-refractivity contribution in [2.24, 2.45) is 10.2 Å². The van der Waals surface area contributed by atoms with Gasteiger partial charge in [-0.1, -0.05) is 96.5 Å². The van der Waals surface area contributed by atoms with Gasteiger partial charge in [0.05, 0.1) is 5.69 Å². The summed E-state index contributed by atoms with van der Waals surface area (Å²) in [5, 5.41) is 17.0. The highest BCUT2D eigenvalue weighted by atomic mass is 35.5. The van der Waals surface area contributed by atoms with E-state index in [0.717, 1.165) is 16.7 Å². The summed E-state index contributed by atoms with van der Waals surface area (Å²) in [5.74, 6) is -0.996. The summed E-state index contributed by atoms with van der Waals surface area (Å²) >= 11 is 6.03. The van der Waals surface area contributed by atoms with Crippen LogP contribution in [-0.2, 0) is 4.79 Å². The molecule has 5 rings (SSSR count).